The van der Waals surface area contributed by atoms with Crippen molar-refractivity contribution in [2.75, 3.05) is 5.32 Å². The minimum absolute atomic E-state index is 0.269. The number of thiocarbonyl (C=S) groups is 1. The Morgan fingerprint density at radius 2 is 2.23 bits per heavy atom. The van der Waals surface area contributed by atoms with Gasteiger partial charge in [0.05, 0.1) is 6.26 Å². The molecule has 0 aliphatic carbocycles. The van der Waals surface area contributed by atoms with Gasteiger partial charge in [-0.3, -0.25) is 10.1 Å². The van der Waals surface area contributed by atoms with Crippen LogP contribution in [0.5, 0.6) is 0 Å². The van der Waals surface area contributed by atoms with Gasteiger partial charge in [0.15, 0.2) is 5.11 Å². The van der Waals surface area contributed by atoms with Crippen LogP contribution in [-0.4, -0.2) is 11.0 Å². The van der Waals surface area contributed by atoms with E-state index in [4.69, 9.17) is 16.6 Å². The summed E-state index contributed by atoms with van der Waals surface area (Å²) in [5.41, 5.74) is 2.05. The molecule has 1 aromatic carbocycles. The van der Waals surface area contributed by atoms with Gasteiger partial charge in [0.25, 0.3) is 0 Å². The smallest absolute Gasteiger partial charge is 0.250 e. The Morgan fingerprint density at radius 1 is 1.41 bits per heavy atom. The number of hydrogen-bond acceptors (Lipinski definition) is 3. The summed E-state index contributed by atoms with van der Waals surface area (Å²) in [6.07, 6.45) is 5.39. The van der Waals surface area contributed by atoms with E-state index in [1.165, 1.54) is 6.08 Å². The number of amides is 1. The fourth-order valence-corrected chi connectivity index (χ4v) is 2.59. The number of carbonyl (C=O) groups is 1. The predicted octanol–water partition coefficient (Wildman–Crippen LogP) is 3.97. The average Bonchev–Trinajstić information content (AvgIpc) is 3.00. The van der Waals surface area contributed by atoms with Crippen LogP contribution < -0.4 is 10.6 Å². The predicted molar refractivity (Wildman–Crippen MR) is 101 cm³/mol. The first-order valence-corrected chi connectivity index (χ1v) is 8.19. The SMILES string of the molecule is CCc1cc(I)ccc1NC(=S)NC(=O)/C=C\c1ccco1. The van der Waals surface area contributed by atoms with Gasteiger partial charge in [-0.25, -0.2) is 0 Å². The monoisotopic (exact) mass is 426 g/mol. The third kappa shape index (κ3) is 4.96. The molecule has 0 spiro atoms. The van der Waals surface area contributed by atoms with Gasteiger partial charge in [-0.05, 0) is 83.2 Å². The zero-order valence-corrected chi connectivity index (χ0v) is 14.9. The Kier molecular flexibility index (Phi) is 6.14. The van der Waals surface area contributed by atoms with E-state index in [1.54, 1.807) is 24.5 Å². The van der Waals surface area contributed by atoms with Crippen LogP contribution in [0.15, 0.2) is 47.1 Å². The van der Waals surface area contributed by atoms with Crippen LogP contribution in [0.3, 0.4) is 0 Å². The van der Waals surface area contributed by atoms with E-state index in [9.17, 15) is 4.79 Å². The highest BCUT2D eigenvalue weighted by Gasteiger charge is 2.06. The highest BCUT2D eigenvalue weighted by Crippen LogP contribution is 2.19. The van der Waals surface area contributed by atoms with E-state index in [0.717, 1.165) is 21.2 Å². The van der Waals surface area contributed by atoms with Crippen molar-refractivity contribution in [2.24, 2.45) is 0 Å². The molecule has 0 radical (unpaired) electrons. The second-order valence-electron chi connectivity index (χ2n) is 4.45. The normalized spacial score (nSPS) is 10.6. The molecule has 0 atom stereocenters. The third-order valence-corrected chi connectivity index (χ3v) is 3.75. The van der Waals surface area contributed by atoms with E-state index >= 15 is 0 Å². The lowest BCUT2D eigenvalue weighted by Gasteiger charge is -2.12. The molecule has 114 valence electrons. The molecule has 1 aromatic heterocycles. The summed E-state index contributed by atoms with van der Waals surface area (Å²) >= 11 is 7.43. The molecule has 4 nitrogen and oxygen atoms in total. The van der Waals surface area contributed by atoms with Gasteiger partial charge in [0.2, 0.25) is 5.91 Å². The van der Waals surface area contributed by atoms with Gasteiger partial charge >= 0.3 is 0 Å². The highest BCUT2D eigenvalue weighted by atomic mass is 127. The summed E-state index contributed by atoms with van der Waals surface area (Å²) in [5, 5.41) is 5.93. The van der Waals surface area contributed by atoms with Gasteiger partial charge in [-0.2, -0.15) is 0 Å². The van der Waals surface area contributed by atoms with Crippen molar-refractivity contribution in [1.82, 2.24) is 5.32 Å². The van der Waals surface area contributed by atoms with Gasteiger partial charge in [-0.15, -0.1) is 0 Å². The molecule has 6 heteroatoms. The highest BCUT2D eigenvalue weighted by molar-refractivity contribution is 14.1. The van der Waals surface area contributed by atoms with Crippen molar-refractivity contribution < 1.29 is 9.21 Å². The number of rotatable bonds is 4. The molecule has 0 fully saturated rings. The van der Waals surface area contributed by atoms with Crippen LogP contribution in [0.1, 0.15) is 18.2 Å². The first-order valence-electron chi connectivity index (χ1n) is 6.70. The van der Waals surface area contributed by atoms with Crippen LogP contribution in [0.4, 0.5) is 5.69 Å². The van der Waals surface area contributed by atoms with Gasteiger partial charge < -0.3 is 9.73 Å². The van der Waals surface area contributed by atoms with Crippen LogP contribution >= 0.6 is 34.8 Å². The Morgan fingerprint density at radius 3 is 2.91 bits per heavy atom. The zero-order chi connectivity index (χ0) is 15.9. The van der Waals surface area contributed by atoms with Gasteiger partial charge in [0.1, 0.15) is 5.76 Å². The lowest BCUT2D eigenvalue weighted by molar-refractivity contribution is -0.115. The lowest BCUT2D eigenvalue weighted by Crippen LogP contribution is -2.33. The molecule has 0 saturated carbocycles. The van der Waals surface area contributed by atoms with E-state index in [-0.39, 0.29) is 11.0 Å². The molecule has 1 amide bonds. The molecule has 22 heavy (non-hydrogen) atoms. The van der Waals surface area contributed by atoms with Gasteiger partial charge in [-0.1, -0.05) is 6.92 Å². The Hall–Kier alpha value is -1.67. The topological polar surface area (TPSA) is 54.3 Å². The second kappa shape index (κ2) is 8.09. The maximum Gasteiger partial charge on any atom is 0.250 e. The first-order chi connectivity index (χ1) is 10.6. The van der Waals surface area contributed by atoms with Crippen molar-refractivity contribution >= 4 is 57.6 Å². The summed E-state index contributed by atoms with van der Waals surface area (Å²) in [6, 6.07) is 9.55. The zero-order valence-electron chi connectivity index (χ0n) is 11.9. The van der Waals surface area contributed by atoms with Crippen molar-refractivity contribution in [3.05, 3.63) is 57.6 Å². The summed E-state index contributed by atoms with van der Waals surface area (Å²) in [6.45, 7) is 2.07. The number of hydrogen-bond donors (Lipinski definition) is 2. The number of furan rings is 1. The minimum atomic E-state index is -0.308. The summed E-state index contributed by atoms with van der Waals surface area (Å²) in [7, 11) is 0. The minimum Gasteiger partial charge on any atom is -0.465 e. The van der Waals surface area contributed by atoms with Crippen molar-refractivity contribution in [1.29, 1.82) is 0 Å². The quantitative estimate of drug-likeness (QED) is 0.442. The first kappa shape index (κ1) is 16.7. The van der Waals surface area contributed by atoms with Crippen molar-refractivity contribution in [2.45, 2.75) is 13.3 Å². The molecule has 0 unspecified atom stereocenters. The van der Waals surface area contributed by atoms with Crippen LogP contribution in [0.25, 0.3) is 6.08 Å². The molecule has 2 N–H and O–H groups in total. The van der Waals surface area contributed by atoms with Gasteiger partial charge in [0, 0.05) is 15.3 Å². The summed E-state index contributed by atoms with van der Waals surface area (Å²) < 4.78 is 6.27. The second-order valence-corrected chi connectivity index (χ2v) is 6.10. The maximum absolute atomic E-state index is 11.8. The van der Waals surface area contributed by atoms with Crippen LogP contribution in [0, 0.1) is 3.57 Å². The number of anilines is 1. The lowest BCUT2D eigenvalue weighted by atomic mass is 10.1. The number of carbonyl (C=O) groups excluding carboxylic acids is 1. The molecular weight excluding hydrogens is 411 g/mol. The van der Waals surface area contributed by atoms with E-state index < -0.39 is 0 Å². The molecule has 2 aromatic rings. The fraction of sp³-hybridized carbons (Fsp3) is 0.125. The maximum atomic E-state index is 11.8. The molecule has 0 bridgehead atoms. The third-order valence-electron chi connectivity index (χ3n) is 2.88. The number of benzene rings is 1. The molecule has 1 heterocycles. The standard InChI is InChI=1S/C16H15IN2O2S/c1-2-11-10-12(17)5-7-14(11)18-16(22)19-15(20)8-6-13-4-3-9-21-13/h3-10H,2H2,1H3,(H2,18,19,20,22)/b8-6-. The number of aryl methyl sites for hydroxylation is 1. The Balaban J connectivity index is 1.94. The van der Waals surface area contributed by atoms with E-state index in [1.807, 2.05) is 12.1 Å². The molecule has 0 aliphatic rings. The Labute approximate surface area is 148 Å². The Bertz CT molecular complexity index is 696. The molecular formula is C16H15IN2O2S. The molecule has 0 aliphatic heterocycles. The summed E-state index contributed by atoms with van der Waals surface area (Å²) in [5.74, 6) is 0.303. The van der Waals surface area contributed by atoms with Crippen LogP contribution in [0.2, 0.25) is 0 Å². The van der Waals surface area contributed by atoms with Crippen molar-refractivity contribution in [3.8, 4) is 0 Å². The molecule has 0 saturated heterocycles. The summed E-state index contributed by atoms with van der Waals surface area (Å²) in [4.78, 5) is 11.8. The van der Waals surface area contributed by atoms with Crippen molar-refractivity contribution in [3.63, 3.8) is 0 Å². The largest absolute Gasteiger partial charge is 0.465 e. The molecule has 2 rings (SSSR count). The van der Waals surface area contributed by atoms with E-state index in [2.05, 4.69) is 46.2 Å². The average molecular weight is 426 g/mol. The fourth-order valence-electron chi connectivity index (χ4n) is 1.83. The van der Waals surface area contributed by atoms with E-state index in [0.29, 0.717) is 5.76 Å². The van der Waals surface area contributed by atoms with Crippen LogP contribution in [-0.2, 0) is 11.2 Å². The number of nitrogens with one attached hydrogen (secondary N) is 2. The number of halogens is 1.